The van der Waals surface area contributed by atoms with Gasteiger partial charge in [0.25, 0.3) is 0 Å². The minimum atomic E-state index is 0.644. The summed E-state index contributed by atoms with van der Waals surface area (Å²) in [6.07, 6.45) is 1.13. The summed E-state index contributed by atoms with van der Waals surface area (Å²) in [4.78, 5) is 6.34. The van der Waals surface area contributed by atoms with Gasteiger partial charge in [-0.25, -0.2) is 0 Å². The van der Waals surface area contributed by atoms with Crippen LogP contribution in [0.2, 0.25) is 0 Å². The molecule has 0 aliphatic heterocycles. The van der Waals surface area contributed by atoms with E-state index in [4.69, 9.17) is 0 Å². The molecule has 0 atom stereocenters. The SMILES string of the molecule is CN=C(NCCCN(C)C)NCC(C)C. The largest absolute Gasteiger partial charge is 0.356 e. The van der Waals surface area contributed by atoms with E-state index >= 15 is 0 Å². The Morgan fingerprint density at radius 1 is 1.27 bits per heavy atom. The van der Waals surface area contributed by atoms with Crippen molar-refractivity contribution in [1.82, 2.24) is 15.5 Å². The molecule has 0 heterocycles. The summed E-state index contributed by atoms with van der Waals surface area (Å²) in [5, 5.41) is 6.57. The van der Waals surface area contributed by atoms with Crippen molar-refractivity contribution < 1.29 is 0 Å². The molecule has 0 fully saturated rings. The van der Waals surface area contributed by atoms with E-state index in [0.29, 0.717) is 5.92 Å². The van der Waals surface area contributed by atoms with Gasteiger partial charge in [-0.15, -0.1) is 0 Å². The molecule has 0 radical (unpaired) electrons. The van der Waals surface area contributed by atoms with Crippen LogP contribution in [0.3, 0.4) is 0 Å². The topological polar surface area (TPSA) is 39.7 Å². The lowest BCUT2D eigenvalue weighted by Gasteiger charge is -2.14. The Bertz CT molecular complexity index is 175. The van der Waals surface area contributed by atoms with E-state index in [-0.39, 0.29) is 0 Å². The highest BCUT2D eigenvalue weighted by Crippen LogP contribution is 1.87. The molecule has 2 N–H and O–H groups in total. The van der Waals surface area contributed by atoms with Crippen LogP contribution in [0, 0.1) is 5.92 Å². The van der Waals surface area contributed by atoms with E-state index in [1.807, 2.05) is 7.05 Å². The van der Waals surface area contributed by atoms with Gasteiger partial charge in [-0.2, -0.15) is 0 Å². The highest BCUT2D eigenvalue weighted by Gasteiger charge is 1.98. The van der Waals surface area contributed by atoms with Gasteiger partial charge in [-0.3, -0.25) is 4.99 Å². The number of rotatable bonds is 6. The summed E-state index contributed by atoms with van der Waals surface area (Å²) in [5.74, 6) is 1.55. The fourth-order valence-corrected chi connectivity index (χ4v) is 1.12. The summed E-state index contributed by atoms with van der Waals surface area (Å²) < 4.78 is 0. The average molecular weight is 214 g/mol. The number of nitrogens with one attached hydrogen (secondary N) is 2. The normalized spacial score (nSPS) is 12.3. The molecule has 0 rings (SSSR count). The Balaban J connectivity index is 3.54. The van der Waals surface area contributed by atoms with Crippen molar-refractivity contribution in [3.63, 3.8) is 0 Å². The first-order chi connectivity index (χ1) is 7.06. The third kappa shape index (κ3) is 9.53. The molecule has 0 amide bonds. The average Bonchev–Trinajstić information content (AvgIpc) is 2.16. The lowest BCUT2D eigenvalue weighted by Crippen LogP contribution is -2.40. The zero-order chi connectivity index (χ0) is 11.7. The Labute approximate surface area is 94.1 Å². The number of nitrogens with zero attached hydrogens (tertiary/aromatic N) is 2. The van der Waals surface area contributed by atoms with Crippen LogP contribution in [0.1, 0.15) is 20.3 Å². The number of hydrogen-bond donors (Lipinski definition) is 2. The van der Waals surface area contributed by atoms with E-state index < -0.39 is 0 Å². The Morgan fingerprint density at radius 2 is 1.93 bits per heavy atom. The van der Waals surface area contributed by atoms with Crippen molar-refractivity contribution in [2.45, 2.75) is 20.3 Å². The molecule has 90 valence electrons. The van der Waals surface area contributed by atoms with Crippen molar-refractivity contribution in [2.75, 3.05) is 40.8 Å². The summed E-state index contributed by atoms with van der Waals surface area (Å²) in [6, 6.07) is 0. The standard InChI is InChI=1S/C11H26N4/c1-10(2)9-14-11(12-3)13-7-6-8-15(4)5/h10H,6-9H2,1-5H3,(H2,12,13,14). The zero-order valence-electron chi connectivity index (χ0n) is 10.8. The molecular formula is C11H26N4. The fourth-order valence-electron chi connectivity index (χ4n) is 1.12. The van der Waals surface area contributed by atoms with Crippen molar-refractivity contribution in [2.24, 2.45) is 10.9 Å². The molecule has 0 aromatic rings. The maximum atomic E-state index is 4.16. The van der Waals surface area contributed by atoms with Crippen molar-refractivity contribution in [3.05, 3.63) is 0 Å². The van der Waals surface area contributed by atoms with E-state index in [1.165, 1.54) is 0 Å². The summed E-state index contributed by atoms with van der Waals surface area (Å²) in [6.45, 7) is 7.41. The Hall–Kier alpha value is -0.770. The van der Waals surface area contributed by atoms with Crippen LogP contribution in [0.25, 0.3) is 0 Å². The van der Waals surface area contributed by atoms with Crippen LogP contribution < -0.4 is 10.6 Å². The molecular weight excluding hydrogens is 188 g/mol. The van der Waals surface area contributed by atoms with Crippen molar-refractivity contribution >= 4 is 5.96 Å². The molecule has 0 unspecified atom stereocenters. The number of guanidine groups is 1. The van der Waals surface area contributed by atoms with Gasteiger partial charge in [0.15, 0.2) is 5.96 Å². The summed E-state index contributed by atoms with van der Waals surface area (Å²) in [5.41, 5.74) is 0. The lowest BCUT2D eigenvalue weighted by atomic mass is 10.2. The van der Waals surface area contributed by atoms with Crippen molar-refractivity contribution in [1.29, 1.82) is 0 Å². The van der Waals surface area contributed by atoms with E-state index in [9.17, 15) is 0 Å². The maximum Gasteiger partial charge on any atom is 0.190 e. The van der Waals surface area contributed by atoms with Gasteiger partial charge in [0.1, 0.15) is 0 Å². The first-order valence-electron chi connectivity index (χ1n) is 5.65. The van der Waals surface area contributed by atoms with Crippen LogP contribution in [0.4, 0.5) is 0 Å². The highest BCUT2D eigenvalue weighted by atomic mass is 15.2. The van der Waals surface area contributed by atoms with Gasteiger partial charge < -0.3 is 15.5 Å². The third-order valence-electron chi connectivity index (χ3n) is 1.98. The molecule has 15 heavy (non-hydrogen) atoms. The van der Waals surface area contributed by atoms with Gasteiger partial charge in [0.05, 0.1) is 0 Å². The first kappa shape index (κ1) is 14.2. The predicted octanol–water partition coefficient (Wildman–Crippen LogP) is 0.759. The molecule has 0 aromatic heterocycles. The Kier molecular flexibility index (Phi) is 8.09. The van der Waals surface area contributed by atoms with Gasteiger partial charge in [0, 0.05) is 20.1 Å². The minimum absolute atomic E-state index is 0.644. The van der Waals surface area contributed by atoms with Crippen LogP contribution in [0.5, 0.6) is 0 Å². The highest BCUT2D eigenvalue weighted by molar-refractivity contribution is 5.79. The molecule has 4 heteroatoms. The minimum Gasteiger partial charge on any atom is -0.356 e. The van der Waals surface area contributed by atoms with E-state index in [1.54, 1.807) is 0 Å². The molecule has 0 bridgehead atoms. The van der Waals surface area contributed by atoms with E-state index in [0.717, 1.165) is 32.0 Å². The zero-order valence-corrected chi connectivity index (χ0v) is 10.8. The molecule has 0 saturated heterocycles. The summed E-state index contributed by atoms with van der Waals surface area (Å²) >= 11 is 0. The smallest absolute Gasteiger partial charge is 0.190 e. The maximum absolute atomic E-state index is 4.16. The molecule has 0 aromatic carbocycles. The van der Waals surface area contributed by atoms with Crippen LogP contribution in [-0.4, -0.2) is 51.6 Å². The van der Waals surface area contributed by atoms with Gasteiger partial charge in [-0.05, 0) is 33.0 Å². The van der Waals surface area contributed by atoms with Crippen molar-refractivity contribution in [3.8, 4) is 0 Å². The van der Waals surface area contributed by atoms with Gasteiger partial charge in [0.2, 0.25) is 0 Å². The van der Waals surface area contributed by atoms with Gasteiger partial charge >= 0.3 is 0 Å². The molecule has 4 nitrogen and oxygen atoms in total. The third-order valence-corrected chi connectivity index (χ3v) is 1.98. The first-order valence-corrected chi connectivity index (χ1v) is 5.65. The monoisotopic (exact) mass is 214 g/mol. The number of aliphatic imine (C=N–C) groups is 1. The second-order valence-corrected chi connectivity index (χ2v) is 4.43. The molecule has 0 aliphatic carbocycles. The van der Waals surface area contributed by atoms with Gasteiger partial charge in [-0.1, -0.05) is 13.8 Å². The Morgan fingerprint density at radius 3 is 2.40 bits per heavy atom. The van der Waals surface area contributed by atoms with E-state index in [2.05, 4.69) is 48.5 Å². The molecule has 0 saturated carbocycles. The quantitative estimate of drug-likeness (QED) is 0.389. The van der Waals surface area contributed by atoms with Crippen LogP contribution >= 0.6 is 0 Å². The lowest BCUT2D eigenvalue weighted by molar-refractivity contribution is 0.399. The van der Waals surface area contributed by atoms with Crippen LogP contribution in [0.15, 0.2) is 4.99 Å². The second kappa shape index (κ2) is 8.53. The predicted molar refractivity (Wildman–Crippen MR) is 67.4 cm³/mol. The van der Waals surface area contributed by atoms with Crippen LogP contribution in [-0.2, 0) is 0 Å². The second-order valence-electron chi connectivity index (χ2n) is 4.43. The number of hydrogen-bond acceptors (Lipinski definition) is 2. The summed E-state index contributed by atoms with van der Waals surface area (Å²) in [7, 11) is 5.99. The fraction of sp³-hybridized carbons (Fsp3) is 0.909. The molecule has 0 spiro atoms. The molecule has 0 aliphatic rings.